The van der Waals surface area contributed by atoms with Gasteiger partial charge in [0.1, 0.15) is 11.4 Å². The summed E-state index contributed by atoms with van der Waals surface area (Å²) in [5.74, 6) is -1.25. The summed E-state index contributed by atoms with van der Waals surface area (Å²) < 4.78 is 21.0. The highest BCUT2D eigenvalue weighted by Crippen LogP contribution is 2.28. The monoisotopic (exact) mass is 325 g/mol. The molecule has 1 heterocycles. The van der Waals surface area contributed by atoms with Gasteiger partial charge in [0.25, 0.3) is 0 Å². The van der Waals surface area contributed by atoms with Crippen molar-refractivity contribution >= 4 is 16.9 Å². The van der Waals surface area contributed by atoms with Gasteiger partial charge in [-0.3, -0.25) is 4.79 Å². The van der Waals surface area contributed by atoms with Crippen molar-refractivity contribution in [3.05, 3.63) is 70.1 Å². The molecule has 122 valence electrons. The quantitative estimate of drug-likeness (QED) is 0.692. The molecule has 0 unspecified atom stereocenters. The lowest BCUT2D eigenvalue weighted by atomic mass is 10.0. The van der Waals surface area contributed by atoms with Crippen molar-refractivity contribution in [1.82, 2.24) is 4.57 Å². The molecular weight excluding hydrogens is 309 g/mol. The number of hydrogen-bond acceptors (Lipinski definition) is 3. The largest absolute Gasteiger partial charge is 0.462 e. The Hall–Kier alpha value is -2.95. The van der Waals surface area contributed by atoms with Crippen LogP contribution in [0.2, 0.25) is 0 Å². The first kappa shape index (κ1) is 15.9. The van der Waals surface area contributed by atoms with Crippen molar-refractivity contribution in [1.29, 1.82) is 0 Å². The summed E-state index contributed by atoms with van der Waals surface area (Å²) in [7, 11) is 1.70. The fraction of sp³-hybridized carbons (Fsp3) is 0.158. The van der Waals surface area contributed by atoms with E-state index in [1.165, 1.54) is 6.07 Å². The highest BCUT2D eigenvalue weighted by atomic mass is 19.1. The minimum Gasteiger partial charge on any atom is -0.462 e. The number of aromatic nitrogens is 1. The molecular formula is C19H16FNO3. The van der Waals surface area contributed by atoms with Crippen LogP contribution >= 0.6 is 0 Å². The van der Waals surface area contributed by atoms with Crippen LogP contribution in [0.4, 0.5) is 4.39 Å². The second-order valence-corrected chi connectivity index (χ2v) is 5.33. The van der Waals surface area contributed by atoms with E-state index in [-0.39, 0.29) is 23.4 Å². The third-order valence-corrected chi connectivity index (χ3v) is 3.92. The number of rotatable bonds is 3. The Bertz CT molecular complexity index is 992. The lowest BCUT2D eigenvalue weighted by Crippen LogP contribution is -2.23. The number of para-hydroxylation sites is 1. The standard InChI is InChI=1S/C19H16FNO3/c1-3-24-19(23)16-17(12-8-4-6-10-14(12)20)21(2)15-11-7-5-9-13(15)18(16)22/h4-11H,3H2,1-2H3. The first-order valence-corrected chi connectivity index (χ1v) is 7.60. The van der Waals surface area contributed by atoms with Gasteiger partial charge in [0.05, 0.1) is 17.8 Å². The van der Waals surface area contributed by atoms with Crippen LogP contribution in [0, 0.1) is 5.82 Å². The number of carbonyl (C=O) groups is 1. The molecule has 0 aliphatic carbocycles. The summed E-state index contributed by atoms with van der Waals surface area (Å²) >= 11 is 0. The molecule has 0 aliphatic rings. The minimum atomic E-state index is -0.748. The first-order chi connectivity index (χ1) is 11.6. The Balaban J connectivity index is 2.48. The summed E-state index contributed by atoms with van der Waals surface area (Å²) in [4.78, 5) is 25.3. The van der Waals surface area contributed by atoms with E-state index in [1.807, 2.05) is 0 Å². The predicted octanol–water partition coefficient (Wildman–Crippen LogP) is 3.52. The van der Waals surface area contributed by atoms with Gasteiger partial charge in [-0.15, -0.1) is 0 Å². The summed E-state index contributed by atoms with van der Waals surface area (Å²) in [6, 6.07) is 13.0. The van der Waals surface area contributed by atoms with Gasteiger partial charge in [0.2, 0.25) is 5.43 Å². The maximum absolute atomic E-state index is 14.3. The second-order valence-electron chi connectivity index (χ2n) is 5.33. The summed E-state index contributed by atoms with van der Waals surface area (Å²) in [5.41, 5.74) is 0.415. The van der Waals surface area contributed by atoms with E-state index in [0.717, 1.165) is 0 Å². The number of aryl methyl sites for hydroxylation is 1. The molecule has 3 aromatic rings. The number of esters is 1. The third-order valence-electron chi connectivity index (χ3n) is 3.92. The fourth-order valence-electron chi connectivity index (χ4n) is 2.85. The van der Waals surface area contributed by atoms with Crippen LogP contribution in [0.15, 0.2) is 53.3 Å². The normalized spacial score (nSPS) is 10.8. The van der Waals surface area contributed by atoms with E-state index < -0.39 is 17.2 Å². The lowest BCUT2D eigenvalue weighted by molar-refractivity contribution is 0.0525. The van der Waals surface area contributed by atoms with Crippen molar-refractivity contribution in [3.8, 4) is 11.3 Å². The molecule has 3 rings (SSSR count). The Morgan fingerprint density at radius 2 is 1.79 bits per heavy atom. The predicted molar refractivity (Wildman–Crippen MR) is 90.5 cm³/mol. The molecule has 0 N–H and O–H groups in total. The van der Waals surface area contributed by atoms with Gasteiger partial charge in [-0.25, -0.2) is 9.18 Å². The number of benzene rings is 2. The molecule has 0 saturated carbocycles. The smallest absolute Gasteiger partial charge is 0.344 e. The number of hydrogen-bond donors (Lipinski definition) is 0. The van der Waals surface area contributed by atoms with E-state index in [9.17, 15) is 14.0 Å². The molecule has 0 amide bonds. The Labute approximate surface area is 138 Å². The van der Waals surface area contributed by atoms with E-state index in [2.05, 4.69) is 0 Å². The van der Waals surface area contributed by atoms with Gasteiger partial charge >= 0.3 is 5.97 Å². The molecule has 0 fully saturated rings. The number of halogens is 1. The minimum absolute atomic E-state index is 0.130. The molecule has 4 nitrogen and oxygen atoms in total. The average molecular weight is 325 g/mol. The topological polar surface area (TPSA) is 48.3 Å². The van der Waals surface area contributed by atoms with Crippen LogP contribution in [0.5, 0.6) is 0 Å². The van der Waals surface area contributed by atoms with Crippen molar-refractivity contribution < 1.29 is 13.9 Å². The molecule has 0 spiro atoms. The second kappa shape index (κ2) is 6.28. The van der Waals surface area contributed by atoms with Gasteiger partial charge in [-0.05, 0) is 31.2 Å². The average Bonchev–Trinajstić information content (AvgIpc) is 2.59. The summed E-state index contributed by atoms with van der Waals surface area (Å²) in [6.07, 6.45) is 0. The van der Waals surface area contributed by atoms with Crippen LogP contribution in [-0.2, 0) is 11.8 Å². The highest BCUT2D eigenvalue weighted by molar-refractivity contribution is 6.00. The summed E-state index contributed by atoms with van der Waals surface area (Å²) in [5, 5.41) is 0.392. The zero-order valence-corrected chi connectivity index (χ0v) is 13.4. The molecule has 2 aromatic carbocycles. The van der Waals surface area contributed by atoms with E-state index in [0.29, 0.717) is 10.9 Å². The van der Waals surface area contributed by atoms with Crippen molar-refractivity contribution in [2.75, 3.05) is 6.61 Å². The molecule has 0 radical (unpaired) electrons. The number of fused-ring (bicyclic) bond motifs is 1. The van der Waals surface area contributed by atoms with E-state index in [4.69, 9.17) is 4.74 Å². The van der Waals surface area contributed by atoms with Crippen molar-refractivity contribution in [2.45, 2.75) is 6.92 Å². The zero-order valence-electron chi connectivity index (χ0n) is 13.4. The van der Waals surface area contributed by atoms with Crippen LogP contribution in [0.1, 0.15) is 17.3 Å². The van der Waals surface area contributed by atoms with Gasteiger partial charge in [0.15, 0.2) is 0 Å². The number of ether oxygens (including phenoxy) is 1. The van der Waals surface area contributed by atoms with Crippen LogP contribution in [0.25, 0.3) is 22.2 Å². The lowest BCUT2D eigenvalue weighted by Gasteiger charge is -2.17. The molecule has 1 aromatic heterocycles. The Morgan fingerprint density at radius 1 is 1.12 bits per heavy atom. The summed E-state index contributed by atoms with van der Waals surface area (Å²) in [6.45, 7) is 1.79. The van der Waals surface area contributed by atoms with Gasteiger partial charge in [0, 0.05) is 18.0 Å². The van der Waals surface area contributed by atoms with Crippen LogP contribution in [-0.4, -0.2) is 17.1 Å². The first-order valence-electron chi connectivity index (χ1n) is 7.60. The maximum atomic E-state index is 14.3. The number of carbonyl (C=O) groups excluding carboxylic acids is 1. The zero-order chi connectivity index (χ0) is 17.3. The molecule has 0 bridgehead atoms. The van der Waals surface area contributed by atoms with Gasteiger partial charge in [-0.1, -0.05) is 24.3 Å². The SMILES string of the molecule is CCOC(=O)c1c(-c2ccccc2F)n(C)c2ccccc2c1=O. The van der Waals surface area contributed by atoms with Crippen LogP contribution in [0.3, 0.4) is 0 Å². The van der Waals surface area contributed by atoms with Crippen LogP contribution < -0.4 is 5.43 Å². The van der Waals surface area contributed by atoms with Crippen molar-refractivity contribution in [3.63, 3.8) is 0 Å². The number of pyridine rings is 1. The molecule has 5 heteroatoms. The maximum Gasteiger partial charge on any atom is 0.344 e. The van der Waals surface area contributed by atoms with Gasteiger partial charge in [-0.2, -0.15) is 0 Å². The fourth-order valence-corrected chi connectivity index (χ4v) is 2.85. The molecule has 0 saturated heterocycles. The third kappa shape index (κ3) is 2.48. The van der Waals surface area contributed by atoms with E-state index >= 15 is 0 Å². The van der Waals surface area contributed by atoms with Gasteiger partial charge < -0.3 is 9.30 Å². The Morgan fingerprint density at radius 3 is 2.50 bits per heavy atom. The highest BCUT2D eigenvalue weighted by Gasteiger charge is 2.24. The molecule has 0 aliphatic heterocycles. The van der Waals surface area contributed by atoms with Crippen molar-refractivity contribution in [2.24, 2.45) is 7.05 Å². The molecule has 24 heavy (non-hydrogen) atoms. The van der Waals surface area contributed by atoms with E-state index in [1.54, 1.807) is 61.0 Å². The number of nitrogens with zero attached hydrogens (tertiary/aromatic N) is 1. The molecule has 0 atom stereocenters. The Kier molecular flexibility index (Phi) is 4.16.